The molecule has 2 nitrogen and oxygen atoms in total. The van der Waals surface area contributed by atoms with Gasteiger partial charge in [-0.15, -0.1) is 0 Å². The summed E-state index contributed by atoms with van der Waals surface area (Å²) in [4.78, 5) is 1.11. The Kier molecular flexibility index (Phi) is 3.34. The standard InChI is InChI=1S/C7H13F3N2/c8-6(9)7(10)12-3-1-2-5(11)4-12/h5-7H,1-4,11H2. The summed E-state index contributed by atoms with van der Waals surface area (Å²) in [5.41, 5.74) is 5.51. The third-order valence-electron chi connectivity index (χ3n) is 2.05. The van der Waals surface area contributed by atoms with Crippen LogP contribution in [0, 0.1) is 0 Å². The van der Waals surface area contributed by atoms with E-state index in [1.54, 1.807) is 0 Å². The quantitative estimate of drug-likeness (QED) is 0.645. The highest BCUT2D eigenvalue weighted by Crippen LogP contribution is 2.16. The van der Waals surface area contributed by atoms with Gasteiger partial charge in [0.2, 0.25) is 6.30 Å². The summed E-state index contributed by atoms with van der Waals surface area (Å²) in [6.45, 7) is 0.630. The van der Waals surface area contributed by atoms with E-state index in [1.165, 1.54) is 0 Å². The van der Waals surface area contributed by atoms with Crippen LogP contribution in [0.3, 0.4) is 0 Å². The Morgan fingerprint density at radius 3 is 2.50 bits per heavy atom. The molecule has 12 heavy (non-hydrogen) atoms. The normalized spacial score (nSPS) is 29.2. The van der Waals surface area contributed by atoms with E-state index in [1.807, 2.05) is 0 Å². The van der Waals surface area contributed by atoms with Crippen LogP contribution in [0.25, 0.3) is 0 Å². The number of hydrogen-bond acceptors (Lipinski definition) is 2. The molecule has 1 rings (SSSR count). The van der Waals surface area contributed by atoms with Crippen LogP contribution in [0.2, 0.25) is 0 Å². The van der Waals surface area contributed by atoms with E-state index in [0.717, 1.165) is 11.3 Å². The molecule has 1 fully saturated rings. The molecule has 0 aromatic heterocycles. The molecule has 0 aliphatic carbocycles. The molecular weight excluding hydrogens is 169 g/mol. The van der Waals surface area contributed by atoms with Crippen LogP contribution < -0.4 is 5.73 Å². The second-order valence-electron chi connectivity index (χ2n) is 3.10. The number of alkyl halides is 3. The fourth-order valence-corrected chi connectivity index (χ4v) is 1.42. The van der Waals surface area contributed by atoms with E-state index in [-0.39, 0.29) is 12.6 Å². The van der Waals surface area contributed by atoms with Crippen molar-refractivity contribution in [3.63, 3.8) is 0 Å². The van der Waals surface area contributed by atoms with Gasteiger partial charge in [-0.2, -0.15) is 0 Å². The molecule has 5 heteroatoms. The minimum absolute atomic E-state index is 0.157. The van der Waals surface area contributed by atoms with Gasteiger partial charge in [0.05, 0.1) is 0 Å². The first-order valence-corrected chi connectivity index (χ1v) is 4.03. The van der Waals surface area contributed by atoms with Crippen molar-refractivity contribution in [1.29, 1.82) is 0 Å². The van der Waals surface area contributed by atoms with Crippen molar-refractivity contribution in [2.24, 2.45) is 5.73 Å². The molecule has 1 saturated heterocycles. The summed E-state index contributed by atoms with van der Waals surface area (Å²) >= 11 is 0. The van der Waals surface area contributed by atoms with Crippen molar-refractivity contribution in [1.82, 2.24) is 4.90 Å². The average molecular weight is 182 g/mol. The number of nitrogens with zero attached hydrogens (tertiary/aromatic N) is 1. The summed E-state index contributed by atoms with van der Waals surface area (Å²) in [6, 6.07) is -0.157. The van der Waals surface area contributed by atoms with Crippen LogP contribution >= 0.6 is 0 Å². The molecule has 0 spiro atoms. The molecule has 2 N–H and O–H groups in total. The van der Waals surface area contributed by atoms with E-state index >= 15 is 0 Å². The van der Waals surface area contributed by atoms with Crippen LogP contribution in [0.5, 0.6) is 0 Å². The van der Waals surface area contributed by atoms with E-state index < -0.39 is 12.7 Å². The zero-order chi connectivity index (χ0) is 9.14. The molecule has 0 aromatic rings. The van der Waals surface area contributed by atoms with Crippen LogP contribution in [0.15, 0.2) is 0 Å². The highest BCUT2D eigenvalue weighted by Gasteiger charge is 2.29. The van der Waals surface area contributed by atoms with Crippen molar-refractivity contribution >= 4 is 0 Å². The Morgan fingerprint density at radius 2 is 2.00 bits per heavy atom. The summed E-state index contributed by atoms with van der Waals surface area (Å²) in [5, 5.41) is 0. The summed E-state index contributed by atoms with van der Waals surface area (Å²) in [7, 11) is 0. The van der Waals surface area contributed by atoms with Gasteiger partial charge >= 0.3 is 0 Å². The fraction of sp³-hybridized carbons (Fsp3) is 1.00. The van der Waals surface area contributed by atoms with Crippen molar-refractivity contribution in [2.75, 3.05) is 13.1 Å². The van der Waals surface area contributed by atoms with E-state index in [9.17, 15) is 13.2 Å². The largest absolute Gasteiger partial charge is 0.327 e. The lowest BCUT2D eigenvalue weighted by Crippen LogP contribution is -2.48. The number of rotatable bonds is 2. The second kappa shape index (κ2) is 4.09. The zero-order valence-electron chi connectivity index (χ0n) is 6.72. The molecule has 0 aromatic carbocycles. The SMILES string of the molecule is NC1CCCN(C(F)C(F)F)C1. The Balaban J connectivity index is 2.40. The van der Waals surface area contributed by atoms with Gasteiger partial charge in [0, 0.05) is 19.1 Å². The average Bonchev–Trinajstić information content (AvgIpc) is 2.03. The maximum absolute atomic E-state index is 12.7. The maximum atomic E-state index is 12.7. The lowest BCUT2D eigenvalue weighted by atomic mass is 10.1. The van der Waals surface area contributed by atoms with Crippen LogP contribution in [0.4, 0.5) is 13.2 Å². The highest BCUT2D eigenvalue weighted by atomic mass is 19.3. The predicted molar refractivity (Wildman–Crippen MR) is 39.7 cm³/mol. The molecule has 2 unspecified atom stereocenters. The van der Waals surface area contributed by atoms with Gasteiger partial charge < -0.3 is 5.73 Å². The zero-order valence-corrected chi connectivity index (χ0v) is 6.72. The number of nitrogens with two attached hydrogens (primary N) is 1. The van der Waals surface area contributed by atoms with Gasteiger partial charge in [-0.1, -0.05) is 0 Å². The molecular formula is C7H13F3N2. The molecule has 1 aliphatic heterocycles. The lowest BCUT2D eigenvalue weighted by molar-refractivity contribution is -0.0581. The van der Waals surface area contributed by atoms with Gasteiger partial charge in [-0.3, -0.25) is 4.90 Å². The minimum atomic E-state index is -2.92. The summed E-state index contributed by atoms with van der Waals surface area (Å²) in [5.74, 6) is 0. The Bertz CT molecular complexity index is 143. The topological polar surface area (TPSA) is 29.3 Å². The first-order chi connectivity index (χ1) is 5.61. The molecule has 1 heterocycles. The third kappa shape index (κ3) is 2.35. The predicted octanol–water partition coefficient (Wildman–Crippen LogP) is 0.970. The second-order valence-corrected chi connectivity index (χ2v) is 3.10. The van der Waals surface area contributed by atoms with Crippen molar-refractivity contribution in [3.8, 4) is 0 Å². The van der Waals surface area contributed by atoms with Gasteiger partial charge in [0.25, 0.3) is 6.43 Å². The van der Waals surface area contributed by atoms with Crippen molar-refractivity contribution in [2.45, 2.75) is 31.6 Å². The summed E-state index contributed by atoms with van der Waals surface area (Å²) < 4.78 is 36.5. The Morgan fingerprint density at radius 1 is 1.33 bits per heavy atom. The van der Waals surface area contributed by atoms with E-state index in [0.29, 0.717) is 13.0 Å². The molecule has 2 atom stereocenters. The van der Waals surface area contributed by atoms with Crippen molar-refractivity contribution < 1.29 is 13.2 Å². The van der Waals surface area contributed by atoms with Gasteiger partial charge in [0.15, 0.2) is 0 Å². The first-order valence-electron chi connectivity index (χ1n) is 4.03. The Hall–Kier alpha value is -0.290. The monoisotopic (exact) mass is 182 g/mol. The molecule has 72 valence electrons. The number of piperidine rings is 1. The fourth-order valence-electron chi connectivity index (χ4n) is 1.42. The van der Waals surface area contributed by atoms with Crippen molar-refractivity contribution in [3.05, 3.63) is 0 Å². The minimum Gasteiger partial charge on any atom is -0.327 e. The molecule has 0 amide bonds. The Labute approximate surface area is 69.5 Å². The van der Waals surface area contributed by atoms with Crippen LogP contribution in [-0.4, -0.2) is 36.8 Å². The van der Waals surface area contributed by atoms with Gasteiger partial charge in [-0.05, 0) is 12.8 Å². The molecule has 1 aliphatic rings. The van der Waals surface area contributed by atoms with E-state index in [2.05, 4.69) is 0 Å². The van der Waals surface area contributed by atoms with Crippen LogP contribution in [0.1, 0.15) is 12.8 Å². The molecule has 0 saturated carbocycles. The number of hydrogen-bond donors (Lipinski definition) is 1. The molecule has 0 radical (unpaired) electrons. The van der Waals surface area contributed by atoms with Gasteiger partial charge in [0.1, 0.15) is 0 Å². The number of likely N-dealkylation sites (tertiary alicyclic amines) is 1. The smallest absolute Gasteiger partial charge is 0.282 e. The van der Waals surface area contributed by atoms with Gasteiger partial charge in [-0.25, -0.2) is 13.2 Å². The maximum Gasteiger partial charge on any atom is 0.282 e. The van der Waals surface area contributed by atoms with E-state index in [4.69, 9.17) is 5.73 Å². The third-order valence-corrected chi connectivity index (χ3v) is 2.05. The first kappa shape index (κ1) is 9.80. The van der Waals surface area contributed by atoms with Crippen LogP contribution in [-0.2, 0) is 0 Å². The lowest BCUT2D eigenvalue weighted by Gasteiger charge is -2.32. The number of halogens is 3. The highest BCUT2D eigenvalue weighted by molar-refractivity contribution is 4.77. The molecule has 0 bridgehead atoms. The summed E-state index contributed by atoms with van der Waals surface area (Å²) in [6.07, 6.45) is -3.56.